The van der Waals surface area contributed by atoms with Crippen LogP contribution in [0.3, 0.4) is 0 Å². The number of rotatable bonds is 2. The third kappa shape index (κ3) is 4.06. The maximum atomic E-state index is 10.0. The fraction of sp³-hybridized carbons (Fsp3) is 0.500. The lowest BCUT2D eigenvalue weighted by molar-refractivity contribution is 0.0115. The highest BCUT2D eigenvalue weighted by atomic mass is 32.3. The lowest BCUT2D eigenvalue weighted by Crippen LogP contribution is -2.33. The van der Waals surface area contributed by atoms with E-state index >= 15 is 0 Å². The molecule has 0 fully saturated rings. The Morgan fingerprint density at radius 1 is 1.70 bits per heavy atom. The van der Waals surface area contributed by atoms with Crippen LogP contribution in [-0.4, -0.2) is 31.1 Å². The quantitative estimate of drug-likeness (QED) is 0.396. The van der Waals surface area contributed by atoms with Gasteiger partial charge < -0.3 is 5.73 Å². The van der Waals surface area contributed by atoms with Crippen molar-refractivity contribution in [3.05, 3.63) is 0 Å². The maximum Gasteiger partial charge on any atom is 0.418 e. The molecule has 0 saturated carbocycles. The Morgan fingerprint density at radius 2 is 2.10 bits per heavy atom. The Morgan fingerprint density at radius 3 is 2.20 bits per heavy atom. The van der Waals surface area contributed by atoms with Crippen LogP contribution >= 0.6 is 0 Å². The van der Waals surface area contributed by atoms with Crippen molar-refractivity contribution in [2.45, 2.75) is 0 Å². The average Bonchev–Trinajstić information content (AvgIpc) is 1.60. The maximum absolute atomic E-state index is 10.0. The molecule has 2 amide bonds. The molecule has 0 aromatic rings. The van der Waals surface area contributed by atoms with Gasteiger partial charge in [-0.15, -0.1) is 4.28 Å². The number of urea groups is 1. The molecule has 0 aromatic heterocycles. The predicted molar refractivity (Wildman–Crippen MR) is 30.0 cm³/mol. The molecule has 0 aliphatic rings. The van der Waals surface area contributed by atoms with Crippen LogP contribution in [0, 0.1) is 0 Å². The van der Waals surface area contributed by atoms with Gasteiger partial charge in [-0.05, 0) is 0 Å². The van der Waals surface area contributed by atoms with Gasteiger partial charge in [0.2, 0.25) is 0 Å². The number of hydrogen-bond donors (Lipinski definition) is 2. The summed E-state index contributed by atoms with van der Waals surface area (Å²) in [6.45, 7) is 0. The molecular weight excluding hydrogens is 164 g/mol. The smallest absolute Gasteiger partial charge is 0.350 e. The van der Waals surface area contributed by atoms with Crippen LogP contribution in [0.15, 0.2) is 0 Å². The van der Waals surface area contributed by atoms with Crippen LogP contribution < -0.4 is 5.73 Å². The van der Waals surface area contributed by atoms with Crippen molar-refractivity contribution < 1.29 is 22.0 Å². The normalized spacial score (nSPS) is 11.0. The molecule has 3 N–H and O–H groups in total. The van der Waals surface area contributed by atoms with Gasteiger partial charge in [-0.1, -0.05) is 0 Å². The van der Waals surface area contributed by atoms with Crippen LogP contribution in [0.1, 0.15) is 0 Å². The van der Waals surface area contributed by atoms with E-state index in [0.29, 0.717) is 0 Å². The number of nitrogens with two attached hydrogens (primary N) is 1. The fourth-order valence-electron chi connectivity index (χ4n) is 0.178. The van der Waals surface area contributed by atoms with Crippen LogP contribution in [0.2, 0.25) is 0 Å². The monoisotopic (exact) mass is 170 g/mol. The van der Waals surface area contributed by atoms with E-state index in [1.807, 2.05) is 0 Å². The Bertz CT molecular complexity index is 220. The standard InChI is InChI=1S/C2H6N2O5S/c1-4(2(3)5)9-10(6,7)8/h1H3,(H2,3,5)(H,6,7,8). The minimum Gasteiger partial charge on any atom is -0.350 e. The van der Waals surface area contributed by atoms with E-state index in [1.54, 1.807) is 0 Å². The van der Waals surface area contributed by atoms with E-state index in [1.165, 1.54) is 0 Å². The summed E-state index contributed by atoms with van der Waals surface area (Å²) in [5, 5.41) is 0.176. The first-order valence-electron chi connectivity index (χ1n) is 2.03. The van der Waals surface area contributed by atoms with E-state index in [4.69, 9.17) is 4.55 Å². The molecule has 0 aliphatic carbocycles. The highest BCUT2D eigenvalue weighted by Crippen LogP contribution is 1.90. The summed E-state index contributed by atoms with van der Waals surface area (Å²) in [4.78, 5) is 10.0. The molecule has 0 atom stereocenters. The van der Waals surface area contributed by atoms with Crippen molar-refractivity contribution in [1.82, 2.24) is 5.06 Å². The second kappa shape index (κ2) is 2.82. The Balaban J connectivity index is 4.06. The van der Waals surface area contributed by atoms with Gasteiger partial charge in [0, 0.05) is 7.05 Å². The van der Waals surface area contributed by atoms with Crippen molar-refractivity contribution in [3.63, 3.8) is 0 Å². The molecule has 0 rings (SSSR count). The van der Waals surface area contributed by atoms with E-state index in [2.05, 4.69) is 10.0 Å². The summed E-state index contributed by atoms with van der Waals surface area (Å²) in [7, 11) is -3.70. The molecule has 0 aromatic carbocycles. The molecule has 0 aliphatic heterocycles. The second-order valence-corrected chi connectivity index (χ2v) is 2.34. The van der Waals surface area contributed by atoms with Crippen molar-refractivity contribution >= 4 is 16.4 Å². The molecule has 10 heavy (non-hydrogen) atoms. The number of primary amides is 1. The van der Waals surface area contributed by atoms with Gasteiger partial charge in [0.1, 0.15) is 0 Å². The zero-order valence-corrected chi connectivity index (χ0v) is 5.83. The molecule has 8 heteroatoms. The first kappa shape index (κ1) is 9.14. The van der Waals surface area contributed by atoms with Gasteiger partial charge in [0.05, 0.1) is 0 Å². The summed E-state index contributed by atoms with van der Waals surface area (Å²) >= 11 is 0. The van der Waals surface area contributed by atoms with Crippen molar-refractivity contribution in [3.8, 4) is 0 Å². The number of nitrogens with zero attached hydrogens (tertiary/aromatic N) is 1. The van der Waals surface area contributed by atoms with Gasteiger partial charge in [-0.3, -0.25) is 4.55 Å². The molecule has 60 valence electrons. The van der Waals surface area contributed by atoms with Crippen LogP contribution in [0.4, 0.5) is 4.79 Å². The number of carbonyl (C=O) groups excluding carboxylic acids is 1. The molecule has 0 heterocycles. The molecule has 0 bridgehead atoms. The van der Waals surface area contributed by atoms with Crippen LogP contribution in [0.25, 0.3) is 0 Å². The molecule has 0 spiro atoms. The molecule has 7 nitrogen and oxygen atoms in total. The lowest BCUT2D eigenvalue weighted by Gasteiger charge is -2.08. The van der Waals surface area contributed by atoms with E-state index in [0.717, 1.165) is 7.05 Å². The van der Waals surface area contributed by atoms with E-state index in [9.17, 15) is 13.2 Å². The third-order valence-corrected chi connectivity index (χ3v) is 0.928. The van der Waals surface area contributed by atoms with Crippen molar-refractivity contribution in [1.29, 1.82) is 0 Å². The topological polar surface area (TPSA) is 110 Å². The Hall–Kier alpha value is -0.860. The first-order chi connectivity index (χ1) is 4.33. The second-order valence-electron chi connectivity index (χ2n) is 1.34. The third-order valence-electron chi connectivity index (χ3n) is 0.516. The summed E-state index contributed by atoms with van der Waals surface area (Å²) < 4.78 is 31.2. The Kier molecular flexibility index (Phi) is 2.57. The number of hydroxylamine groups is 2. The van der Waals surface area contributed by atoms with Gasteiger partial charge in [-0.2, -0.15) is 13.5 Å². The summed E-state index contributed by atoms with van der Waals surface area (Å²) in [5.41, 5.74) is 4.53. The van der Waals surface area contributed by atoms with Gasteiger partial charge >= 0.3 is 16.4 Å². The highest BCUT2D eigenvalue weighted by Gasteiger charge is 2.12. The van der Waals surface area contributed by atoms with Crippen molar-refractivity contribution in [2.75, 3.05) is 7.05 Å². The Labute approximate surface area is 57.3 Å². The molecule has 0 saturated heterocycles. The lowest BCUT2D eigenvalue weighted by atomic mass is 11.0. The number of carbonyl (C=O) groups is 1. The highest BCUT2D eigenvalue weighted by molar-refractivity contribution is 7.80. The summed E-state index contributed by atoms with van der Waals surface area (Å²) in [6, 6.07) is -1.13. The van der Waals surface area contributed by atoms with Gasteiger partial charge in [0.15, 0.2) is 0 Å². The summed E-state index contributed by atoms with van der Waals surface area (Å²) in [5.74, 6) is 0. The molecule has 0 unspecified atom stereocenters. The number of hydrogen-bond acceptors (Lipinski definition) is 4. The van der Waals surface area contributed by atoms with Crippen molar-refractivity contribution in [2.24, 2.45) is 5.73 Å². The number of amides is 2. The zero-order chi connectivity index (χ0) is 8.36. The average molecular weight is 170 g/mol. The van der Waals surface area contributed by atoms with E-state index in [-0.39, 0.29) is 5.06 Å². The largest absolute Gasteiger partial charge is 0.418 e. The summed E-state index contributed by atoms with van der Waals surface area (Å²) in [6.07, 6.45) is 0. The first-order valence-corrected chi connectivity index (χ1v) is 3.39. The zero-order valence-electron chi connectivity index (χ0n) is 5.01. The SMILES string of the molecule is CN(OS(=O)(=O)O)C(N)=O. The van der Waals surface area contributed by atoms with Crippen LogP contribution in [0.5, 0.6) is 0 Å². The fourth-order valence-corrected chi connectivity index (χ4v) is 0.534. The predicted octanol–water partition coefficient (Wildman–Crippen LogP) is -1.27. The van der Waals surface area contributed by atoms with E-state index < -0.39 is 16.4 Å². The van der Waals surface area contributed by atoms with Gasteiger partial charge in [0.25, 0.3) is 0 Å². The molecular formula is C2H6N2O5S. The van der Waals surface area contributed by atoms with Crippen LogP contribution in [-0.2, 0) is 14.7 Å². The minimum atomic E-state index is -4.64. The van der Waals surface area contributed by atoms with Gasteiger partial charge in [-0.25, -0.2) is 4.79 Å². The minimum absolute atomic E-state index is 0.176. The molecule has 0 radical (unpaired) electrons.